The SMILES string of the molecule is N#Cc1ccc(NC(=O)COC(=O)c2sc3cc(F)ccc3c2Cl)cc1. The van der Waals surface area contributed by atoms with Crippen LogP contribution < -0.4 is 5.32 Å². The second-order valence-electron chi connectivity index (χ2n) is 5.20. The predicted octanol–water partition coefficient (Wildman–Crippen LogP) is 4.36. The zero-order valence-electron chi connectivity index (χ0n) is 13.1. The van der Waals surface area contributed by atoms with Gasteiger partial charge in [0.15, 0.2) is 6.61 Å². The maximum atomic E-state index is 13.3. The molecule has 3 aromatic rings. The van der Waals surface area contributed by atoms with Crippen LogP contribution in [0.25, 0.3) is 10.1 Å². The van der Waals surface area contributed by atoms with Gasteiger partial charge in [-0.15, -0.1) is 11.3 Å². The monoisotopic (exact) mass is 388 g/mol. The number of ether oxygens (including phenoxy) is 1. The number of anilines is 1. The van der Waals surface area contributed by atoms with Gasteiger partial charge in [-0.3, -0.25) is 4.79 Å². The lowest BCUT2D eigenvalue weighted by atomic mass is 10.2. The molecule has 0 aliphatic carbocycles. The lowest BCUT2D eigenvalue weighted by Gasteiger charge is -2.06. The predicted molar refractivity (Wildman–Crippen MR) is 96.9 cm³/mol. The highest BCUT2D eigenvalue weighted by molar-refractivity contribution is 7.21. The fourth-order valence-electron chi connectivity index (χ4n) is 2.19. The average molecular weight is 389 g/mol. The van der Waals surface area contributed by atoms with Gasteiger partial charge in [0.05, 0.1) is 16.7 Å². The fraction of sp³-hybridized carbons (Fsp3) is 0.0556. The number of fused-ring (bicyclic) bond motifs is 1. The molecule has 0 atom stereocenters. The van der Waals surface area contributed by atoms with Crippen molar-refractivity contribution in [2.45, 2.75) is 0 Å². The number of thiophene rings is 1. The van der Waals surface area contributed by atoms with Crippen LogP contribution in [-0.2, 0) is 9.53 Å². The van der Waals surface area contributed by atoms with E-state index in [-0.39, 0.29) is 9.90 Å². The summed E-state index contributed by atoms with van der Waals surface area (Å²) in [7, 11) is 0. The zero-order valence-corrected chi connectivity index (χ0v) is 14.7. The summed E-state index contributed by atoms with van der Waals surface area (Å²) in [5.74, 6) is -1.73. The summed E-state index contributed by atoms with van der Waals surface area (Å²) in [4.78, 5) is 24.1. The second-order valence-corrected chi connectivity index (χ2v) is 6.63. The number of halogens is 2. The molecular formula is C18H10ClFN2O3S. The summed E-state index contributed by atoms with van der Waals surface area (Å²) in [5, 5.41) is 12.0. The molecule has 0 saturated heterocycles. The Labute approximate surface area is 156 Å². The van der Waals surface area contributed by atoms with Crippen LogP contribution in [0.15, 0.2) is 42.5 Å². The van der Waals surface area contributed by atoms with Crippen molar-refractivity contribution >= 4 is 50.6 Å². The van der Waals surface area contributed by atoms with E-state index in [4.69, 9.17) is 21.6 Å². The summed E-state index contributed by atoms with van der Waals surface area (Å²) < 4.78 is 18.8. The molecule has 5 nitrogen and oxygen atoms in total. The molecule has 0 saturated carbocycles. The topological polar surface area (TPSA) is 79.2 Å². The maximum absolute atomic E-state index is 13.3. The lowest BCUT2D eigenvalue weighted by molar-refractivity contribution is -0.119. The number of benzene rings is 2. The minimum atomic E-state index is -0.758. The van der Waals surface area contributed by atoms with E-state index in [2.05, 4.69) is 5.32 Å². The van der Waals surface area contributed by atoms with E-state index in [9.17, 15) is 14.0 Å². The van der Waals surface area contributed by atoms with E-state index in [0.29, 0.717) is 21.3 Å². The lowest BCUT2D eigenvalue weighted by Crippen LogP contribution is -2.20. The highest BCUT2D eigenvalue weighted by Gasteiger charge is 2.19. The largest absolute Gasteiger partial charge is 0.451 e. The second kappa shape index (κ2) is 7.52. The summed E-state index contributed by atoms with van der Waals surface area (Å²) in [6.45, 7) is -0.502. The van der Waals surface area contributed by atoms with E-state index < -0.39 is 24.3 Å². The van der Waals surface area contributed by atoms with Crippen molar-refractivity contribution < 1.29 is 18.7 Å². The first-order valence-corrected chi connectivity index (χ1v) is 8.52. The highest BCUT2D eigenvalue weighted by Crippen LogP contribution is 2.36. The Kier molecular flexibility index (Phi) is 5.16. The zero-order chi connectivity index (χ0) is 18.7. The number of hydrogen-bond donors (Lipinski definition) is 1. The Morgan fingerprint density at radius 3 is 2.65 bits per heavy atom. The smallest absolute Gasteiger partial charge is 0.350 e. The number of carbonyl (C=O) groups is 2. The fourth-order valence-corrected chi connectivity index (χ4v) is 3.62. The van der Waals surface area contributed by atoms with Crippen LogP contribution >= 0.6 is 22.9 Å². The Morgan fingerprint density at radius 1 is 1.23 bits per heavy atom. The first kappa shape index (κ1) is 17.9. The molecule has 0 aliphatic heterocycles. The summed E-state index contributed by atoms with van der Waals surface area (Å²) in [6, 6.07) is 12.2. The van der Waals surface area contributed by atoms with Gasteiger partial charge >= 0.3 is 5.97 Å². The van der Waals surface area contributed by atoms with Gasteiger partial charge in [0.2, 0.25) is 0 Å². The molecule has 2 aromatic carbocycles. The van der Waals surface area contributed by atoms with Gasteiger partial charge in [-0.1, -0.05) is 11.6 Å². The van der Waals surface area contributed by atoms with Gasteiger partial charge in [0, 0.05) is 15.8 Å². The molecule has 3 rings (SSSR count). The number of amides is 1. The normalized spacial score (nSPS) is 10.3. The number of hydrogen-bond acceptors (Lipinski definition) is 5. The number of rotatable bonds is 4. The minimum Gasteiger partial charge on any atom is -0.451 e. The number of nitrogens with zero attached hydrogens (tertiary/aromatic N) is 1. The quantitative estimate of drug-likeness (QED) is 0.673. The molecular weight excluding hydrogens is 379 g/mol. The van der Waals surface area contributed by atoms with Gasteiger partial charge in [-0.05, 0) is 42.5 Å². The molecule has 0 unspecified atom stereocenters. The van der Waals surface area contributed by atoms with E-state index >= 15 is 0 Å². The Hall–Kier alpha value is -2.95. The number of nitriles is 1. The first-order valence-electron chi connectivity index (χ1n) is 7.32. The van der Waals surface area contributed by atoms with Crippen molar-refractivity contribution in [1.29, 1.82) is 5.26 Å². The molecule has 1 heterocycles. The van der Waals surface area contributed by atoms with E-state index in [1.165, 1.54) is 18.2 Å². The van der Waals surface area contributed by atoms with Crippen LogP contribution in [0.1, 0.15) is 15.2 Å². The standard InChI is InChI=1S/C18H10ClFN2O3S/c19-16-13-6-3-11(20)7-14(13)26-17(16)18(24)25-9-15(23)22-12-4-1-10(8-21)2-5-12/h1-7H,9H2,(H,22,23). The summed E-state index contributed by atoms with van der Waals surface area (Å²) >= 11 is 7.14. The third-order valence-electron chi connectivity index (χ3n) is 3.41. The molecule has 8 heteroatoms. The van der Waals surface area contributed by atoms with Crippen LogP contribution in [-0.4, -0.2) is 18.5 Å². The average Bonchev–Trinajstić information content (AvgIpc) is 2.96. The van der Waals surface area contributed by atoms with Crippen molar-refractivity contribution in [2.24, 2.45) is 0 Å². The highest BCUT2D eigenvalue weighted by atomic mass is 35.5. The van der Waals surface area contributed by atoms with Crippen molar-refractivity contribution in [3.8, 4) is 6.07 Å². The summed E-state index contributed by atoms with van der Waals surface area (Å²) in [5.41, 5.74) is 0.936. The molecule has 0 fully saturated rings. The minimum absolute atomic E-state index is 0.110. The van der Waals surface area contributed by atoms with Gasteiger partial charge < -0.3 is 10.1 Å². The molecule has 0 radical (unpaired) electrons. The van der Waals surface area contributed by atoms with Crippen LogP contribution in [0.5, 0.6) is 0 Å². The van der Waals surface area contributed by atoms with E-state index in [1.807, 2.05) is 6.07 Å². The van der Waals surface area contributed by atoms with Gasteiger partial charge in [0.1, 0.15) is 10.7 Å². The number of carbonyl (C=O) groups excluding carboxylic acids is 2. The van der Waals surface area contributed by atoms with Crippen LogP contribution in [0, 0.1) is 17.1 Å². The molecule has 0 bridgehead atoms. The van der Waals surface area contributed by atoms with Crippen molar-refractivity contribution in [1.82, 2.24) is 0 Å². The molecule has 130 valence electrons. The maximum Gasteiger partial charge on any atom is 0.350 e. The molecule has 1 aromatic heterocycles. The molecule has 1 N–H and O–H groups in total. The van der Waals surface area contributed by atoms with Gasteiger partial charge in [-0.25, -0.2) is 9.18 Å². The van der Waals surface area contributed by atoms with Gasteiger partial charge in [-0.2, -0.15) is 5.26 Å². The van der Waals surface area contributed by atoms with Crippen molar-refractivity contribution in [3.05, 3.63) is 63.7 Å². The van der Waals surface area contributed by atoms with E-state index in [1.54, 1.807) is 24.3 Å². The third kappa shape index (κ3) is 3.82. The Bertz CT molecular complexity index is 1040. The van der Waals surface area contributed by atoms with Crippen LogP contribution in [0.2, 0.25) is 5.02 Å². The van der Waals surface area contributed by atoms with Gasteiger partial charge in [0.25, 0.3) is 5.91 Å². The summed E-state index contributed by atoms with van der Waals surface area (Å²) in [6.07, 6.45) is 0. The van der Waals surface area contributed by atoms with Crippen molar-refractivity contribution in [3.63, 3.8) is 0 Å². The molecule has 1 amide bonds. The molecule has 0 spiro atoms. The Balaban J connectivity index is 1.64. The molecule has 0 aliphatic rings. The molecule has 26 heavy (non-hydrogen) atoms. The van der Waals surface area contributed by atoms with Crippen molar-refractivity contribution in [2.75, 3.05) is 11.9 Å². The number of esters is 1. The van der Waals surface area contributed by atoms with Crippen LogP contribution in [0.3, 0.4) is 0 Å². The van der Waals surface area contributed by atoms with Crippen LogP contribution in [0.4, 0.5) is 10.1 Å². The first-order chi connectivity index (χ1) is 12.5. The Morgan fingerprint density at radius 2 is 1.96 bits per heavy atom. The number of nitrogens with one attached hydrogen (secondary N) is 1. The third-order valence-corrected chi connectivity index (χ3v) is 5.05. The van der Waals surface area contributed by atoms with E-state index in [0.717, 1.165) is 11.3 Å².